The average Bonchev–Trinajstić information content (AvgIpc) is 3.07. The fraction of sp³-hybridized carbons (Fsp3) is 0.583. The molecule has 0 spiro atoms. The molecular formula is C12H15ClN2. The molecule has 2 aliphatic rings. The molecule has 0 atom stereocenters. The van der Waals surface area contributed by atoms with E-state index < -0.39 is 0 Å². The van der Waals surface area contributed by atoms with Gasteiger partial charge in [0, 0.05) is 17.9 Å². The van der Waals surface area contributed by atoms with Gasteiger partial charge in [-0.3, -0.25) is 0 Å². The number of aromatic nitrogens is 1. The second-order valence-electron chi connectivity index (χ2n) is 4.71. The summed E-state index contributed by atoms with van der Waals surface area (Å²) >= 11 is 5.87. The summed E-state index contributed by atoms with van der Waals surface area (Å²) in [6, 6.07) is 4.60. The molecule has 0 aliphatic heterocycles. The maximum atomic E-state index is 5.87. The Morgan fingerprint density at radius 1 is 1.27 bits per heavy atom. The number of rotatable bonds is 4. The fourth-order valence-electron chi connectivity index (χ4n) is 2.22. The molecule has 80 valence electrons. The Morgan fingerprint density at radius 2 is 1.93 bits per heavy atom. The predicted octanol–water partition coefficient (Wildman–Crippen LogP) is 3.34. The van der Waals surface area contributed by atoms with Gasteiger partial charge in [-0.25, -0.2) is 4.98 Å². The number of halogens is 1. The number of pyridine rings is 1. The molecule has 0 unspecified atom stereocenters. The van der Waals surface area contributed by atoms with Crippen molar-refractivity contribution in [2.75, 3.05) is 5.32 Å². The van der Waals surface area contributed by atoms with Crippen LogP contribution in [0.15, 0.2) is 18.3 Å². The van der Waals surface area contributed by atoms with E-state index in [0.717, 1.165) is 17.5 Å². The van der Waals surface area contributed by atoms with Gasteiger partial charge in [0.1, 0.15) is 5.15 Å². The largest absolute Gasteiger partial charge is 0.382 e. The van der Waals surface area contributed by atoms with Crippen LogP contribution in [0.5, 0.6) is 0 Å². The zero-order valence-electron chi connectivity index (χ0n) is 8.62. The van der Waals surface area contributed by atoms with Gasteiger partial charge in [-0.05, 0) is 49.7 Å². The molecular weight excluding hydrogens is 208 g/mol. The lowest BCUT2D eigenvalue weighted by molar-refractivity contribution is 0.568. The molecule has 0 aromatic carbocycles. The number of nitrogens with zero attached hydrogens (tertiary/aromatic N) is 1. The van der Waals surface area contributed by atoms with Gasteiger partial charge in [-0.15, -0.1) is 0 Å². The summed E-state index contributed by atoms with van der Waals surface area (Å²) in [6.45, 7) is 0. The van der Waals surface area contributed by atoms with Gasteiger partial charge in [-0.1, -0.05) is 11.6 Å². The highest BCUT2D eigenvalue weighted by atomic mass is 35.5. The van der Waals surface area contributed by atoms with E-state index in [9.17, 15) is 0 Å². The third kappa shape index (κ3) is 2.25. The summed E-state index contributed by atoms with van der Waals surface area (Å²) in [7, 11) is 0. The number of nitrogens with one attached hydrogen (secondary N) is 1. The molecule has 1 N–H and O–H groups in total. The zero-order chi connectivity index (χ0) is 10.3. The average molecular weight is 223 g/mol. The minimum absolute atomic E-state index is 0.574. The van der Waals surface area contributed by atoms with E-state index >= 15 is 0 Å². The second kappa shape index (κ2) is 3.67. The molecule has 2 saturated carbocycles. The maximum absolute atomic E-state index is 5.87. The lowest BCUT2D eigenvalue weighted by Gasteiger charge is -2.18. The first-order valence-corrected chi connectivity index (χ1v) is 6.09. The van der Waals surface area contributed by atoms with E-state index in [0.29, 0.717) is 11.2 Å². The molecule has 1 aromatic heterocycles. The molecule has 0 saturated heterocycles. The fourth-order valence-corrected chi connectivity index (χ4v) is 2.39. The van der Waals surface area contributed by atoms with Gasteiger partial charge in [0.2, 0.25) is 0 Å². The molecule has 0 bridgehead atoms. The van der Waals surface area contributed by atoms with Crippen molar-refractivity contribution in [1.82, 2.24) is 4.98 Å². The molecule has 0 amide bonds. The molecule has 2 fully saturated rings. The zero-order valence-corrected chi connectivity index (χ0v) is 9.37. The Balaban J connectivity index is 1.71. The van der Waals surface area contributed by atoms with Crippen molar-refractivity contribution in [3.05, 3.63) is 23.5 Å². The highest BCUT2D eigenvalue weighted by Crippen LogP contribution is 2.45. The van der Waals surface area contributed by atoms with E-state index in [1.807, 2.05) is 12.1 Å². The van der Waals surface area contributed by atoms with Crippen molar-refractivity contribution in [3.8, 4) is 0 Å². The Hall–Kier alpha value is -0.760. The van der Waals surface area contributed by atoms with E-state index in [1.54, 1.807) is 6.20 Å². The van der Waals surface area contributed by atoms with Gasteiger partial charge in [0.05, 0.1) is 0 Å². The summed E-state index contributed by atoms with van der Waals surface area (Å²) in [4.78, 5) is 3.99. The normalized spacial score (nSPS) is 20.7. The summed E-state index contributed by atoms with van der Waals surface area (Å²) in [5, 5.41) is 4.19. The van der Waals surface area contributed by atoms with Gasteiger partial charge in [-0.2, -0.15) is 0 Å². The van der Waals surface area contributed by atoms with Crippen LogP contribution >= 0.6 is 11.6 Å². The SMILES string of the molecule is Clc1cc(NC(C2CC2)C2CC2)ccn1. The van der Waals surface area contributed by atoms with Crippen LogP contribution in [0.1, 0.15) is 25.7 Å². The number of hydrogen-bond donors (Lipinski definition) is 1. The number of anilines is 1. The van der Waals surface area contributed by atoms with Crippen LogP contribution in [0.4, 0.5) is 5.69 Å². The summed E-state index contributed by atoms with van der Waals surface area (Å²) in [5.74, 6) is 1.81. The smallest absolute Gasteiger partial charge is 0.131 e. The quantitative estimate of drug-likeness (QED) is 0.791. The molecule has 3 heteroatoms. The van der Waals surface area contributed by atoms with E-state index in [2.05, 4.69) is 10.3 Å². The van der Waals surface area contributed by atoms with Gasteiger partial charge >= 0.3 is 0 Å². The molecule has 0 radical (unpaired) electrons. The number of hydrogen-bond acceptors (Lipinski definition) is 2. The predicted molar refractivity (Wildman–Crippen MR) is 62.1 cm³/mol. The van der Waals surface area contributed by atoms with Crippen molar-refractivity contribution in [2.24, 2.45) is 11.8 Å². The van der Waals surface area contributed by atoms with Crippen molar-refractivity contribution in [2.45, 2.75) is 31.7 Å². The summed E-state index contributed by atoms with van der Waals surface area (Å²) in [6.07, 6.45) is 7.35. The lowest BCUT2D eigenvalue weighted by Crippen LogP contribution is -2.24. The summed E-state index contributed by atoms with van der Waals surface area (Å²) < 4.78 is 0. The minimum atomic E-state index is 0.574. The van der Waals surface area contributed by atoms with Crippen LogP contribution in [-0.2, 0) is 0 Å². The van der Waals surface area contributed by atoms with Gasteiger partial charge < -0.3 is 5.32 Å². The van der Waals surface area contributed by atoms with Crippen LogP contribution in [0, 0.1) is 11.8 Å². The topological polar surface area (TPSA) is 24.9 Å². The van der Waals surface area contributed by atoms with E-state index in [1.165, 1.54) is 25.7 Å². The Morgan fingerprint density at radius 3 is 2.47 bits per heavy atom. The van der Waals surface area contributed by atoms with Crippen molar-refractivity contribution >= 4 is 17.3 Å². The highest BCUT2D eigenvalue weighted by Gasteiger charge is 2.41. The molecule has 2 nitrogen and oxygen atoms in total. The van der Waals surface area contributed by atoms with Crippen LogP contribution in [0.25, 0.3) is 0 Å². The van der Waals surface area contributed by atoms with Crippen LogP contribution in [0.3, 0.4) is 0 Å². The van der Waals surface area contributed by atoms with Crippen LogP contribution < -0.4 is 5.32 Å². The molecule has 2 aliphatic carbocycles. The van der Waals surface area contributed by atoms with Gasteiger partial charge in [0.15, 0.2) is 0 Å². The first-order valence-electron chi connectivity index (χ1n) is 5.71. The molecule has 1 heterocycles. The summed E-state index contributed by atoms with van der Waals surface area (Å²) in [5.41, 5.74) is 1.12. The second-order valence-corrected chi connectivity index (χ2v) is 5.10. The first kappa shape index (κ1) is 9.46. The Kier molecular flexibility index (Phi) is 2.32. The van der Waals surface area contributed by atoms with Crippen LogP contribution in [-0.4, -0.2) is 11.0 Å². The Labute approximate surface area is 95.0 Å². The van der Waals surface area contributed by atoms with Crippen LogP contribution in [0.2, 0.25) is 5.15 Å². The lowest BCUT2D eigenvalue weighted by atomic mass is 10.1. The molecule has 3 rings (SSSR count). The highest BCUT2D eigenvalue weighted by molar-refractivity contribution is 6.29. The van der Waals surface area contributed by atoms with E-state index in [4.69, 9.17) is 11.6 Å². The van der Waals surface area contributed by atoms with Crippen molar-refractivity contribution in [1.29, 1.82) is 0 Å². The maximum Gasteiger partial charge on any atom is 0.131 e. The standard InChI is InChI=1S/C12H15ClN2/c13-11-7-10(5-6-14-11)15-12(8-1-2-8)9-3-4-9/h5-9,12H,1-4H2,(H,14,15). The third-order valence-corrected chi connectivity index (χ3v) is 3.53. The first-order chi connectivity index (χ1) is 7.33. The van der Waals surface area contributed by atoms with Gasteiger partial charge in [0.25, 0.3) is 0 Å². The monoisotopic (exact) mass is 222 g/mol. The van der Waals surface area contributed by atoms with E-state index in [-0.39, 0.29) is 0 Å². The Bertz CT molecular complexity index is 346. The van der Waals surface area contributed by atoms with Crippen molar-refractivity contribution in [3.63, 3.8) is 0 Å². The molecule has 15 heavy (non-hydrogen) atoms. The molecule has 1 aromatic rings. The third-order valence-electron chi connectivity index (χ3n) is 3.32. The minimum Gasteiger partial charge on any atom is -0.382 e. The van der Waals surface area contributed by atoms with Crippen molar-refractivity contribution < 1.29 is 0 Å².